The van der Waals surface area contributed by atoms with Gasteiger partial charge in [-0.15, -0.1) is 0 Å². The van der Waals surface area contributed by atoms with Crippen molar-refractivity contribution in [2.24, 2.45) is 0 Å². The minimum Gasteiger partial charge on any atom is -0.507 e. The van der Waals surface area contributed by atoms with Crippen molar-refractivity contribution in [1.82, 2.24) is 4.90 Å². The van der Waals surface area contributed by atoms with Gasteiger partial charge in [-0.3, -0.25) is 9.59 Å². The summed E-state index contributed by atoms with van der Waals surface area (Å²) in [6, 6.07) is 9.77. The highest BCUT2D eigenvalue weighted by Crippen LogP contribution is 2.43. The van der Waals surface area contributed by atoms with Crippen molar-refractivity contribution < 1.29 is 24.2 Å². The maximum Gasteiger partial charge on any atom is 0.295 e. The van der Waals surface area contributed by atoms with Gasteiger partial charge in [0.05, 0.1) is 29.3 Å². The lowest BCUT2D eigenvalue weighted by atomic mass is 9.94. The van der Waals surface area contributed by atoms with Gasteiger partial charge in [0.1, 0.15) is 23.9 Å². The van der Waals surface area contributed by atoms with Gasteiger partial charge in [0.25, 0.3) is 11.7 Å². The third kappa shape index (κ3) is 4.91. The van der Waals surface area contributed by atoms with Crippen molar-refractivity contribution in [1.29, 1.82) is 0 Å². The van der Waals surface area contributed by atoms with Crippen LogP contribution < -0.4 is 9.47 Å². The number of aliphatic hydroxyl groups is 1. The Morgan fingerprint density at radius 2 is 2.03 bits per heavy atom. The van der Waals surface area contributed by atoms with Crippen LogP contribution in [0.1, 0.15) is 42.5 Å². The fourth-order valence-corrected chi connectivity index (χ4v) is 4.32. The van der Waals surface area contributed by atoms with Crippen LogP contribution in [0.3, 0.4) is 0 Å². The molecular formula is C26H28ClNO5. The number of amides is 1. The van der Waals surface area contributed by atoms with Gasteiger partial charge in [-0.1, -0.05) is 49.7 Å². The monoisotopic (exact) mass is 469 g/mol. The zero-order chi connectivity index (χ0) is 24.1. The van der Waals surface area contributed by atoms with E-state index in [1.54, 1.807) is 36.4 Å². The minimum absolute atomic E-state index is 0.00283. The van der Waals surface area contributed by atoms with Crippen molar-refractivity contribution in [2.75, 3.05) is 20.3 Å². The van der Waals surface area contributed by atoms with Crippen LogP contribution in [0, 0.1) is 6.92 Å². The summed E-state index contributed by atoms with van der Waals surface area (Å²) in [5.41, 5.74) is 1.70. The zero-order valence-corrected chi connectivity index (χ0v) is 19.8. The van der Waals surface area contributed by atoms with Crippen LogP contribution in [0.2, 0.25) is 5.02 Å². The quantitative estimate of drug-likeness (QED) is 0.229. The summed E-state index contributed by atoms with van der Waals surface area (Å²) < 4.78 is 11.1. The van der Waals surface area contributed by atoms with E-state index in [1.165, 1.54) is 12.0 Å². The number of halogens is 1. The molecule has 3 rings (SSSR count). The van der Waals surface area contributed by atoms with Gasteiger partial charge in [-0.25, -0.2) is 0 Å². The molecule has 0 saturated carbocycles. The number of carbonyl (C=O) groups is 2. The lowest BCUT2D eigenvalue weighted by Gasteiger charge is -2.25. The molecule has 1 unspecified atom stereocenters. The molecule has 2 aromatic rings. The molecule has 7 heteroatoms. The lowest BCUT2D eigenvalue weighted by Crippen LogP contribution is -2.30. The van der Waals surface area contributed by atoms with Gasteiger partial charge in [0.2, 0.25) is 0 Å². The van der Waals surface area contributed by atoms with E-state index in [9.17, 15) is 14.7 Å². The fourth-order valence-electron chi connectivity index (χ4n) is 3.97. The van der Waals surface area contributed by atoms with Crippen molar-refractivity contribution in [2.45, 2.75) is 32.7 Å². The van der Waals surface area contributed by atoms with E-state index in [-0.39, 0.29) is 22.6 Å². The first-order valence-electron chi connectivity index (χ1n) is 10.8. The topological polar surface area (TPSA) is 76.1 Å². The van der Waals surface area contributed by atoms with Crippen LogP contribution in [-0.4, -0.2) is 42.0 Å². The molecule has 0 spiro atoms. The number of hydrogen-bond acceptors (Lipinski definition) is 5. The summed E-state index contributed by atoms with van der Waals surface area (Å²) in [5, 5.41) is 11.7. The summed E-state index contributed by atoms with van der Waals surface area (Å²) in [4.78, 5) is 27.7. The molecule has 0 aromatic heterocycles. The van der Waals surface area contributed by atoms with Crippen LogP contribution in [0.15, 0.2) is 54.6 Å². The molecule has 1 heterocycles. The highest BCUT2D eigenvalue weighted by Gasteiger charge is 2.46. The van der Waals surface area contributed by atoms with E-state index in [0.717, 1.165) is 18.4 Å². The van der Waals surface area contributed by atoms with Crippen LogP contribution >= 0.6 is 11.6 Å². The summed E-state index contributed by atoms with van der Waals surface area (Å²) in [7, 11) is 1.44. The van der Waals surface area contributed by atoms with Gasteiger partial charge in [0.15, 0.2) is 0 Å². The first-order valence-corrected chi connectivity index (χ1v) is 11.2. The highest BCUT2D eigenvalue weighted by molar-refractivity contribution is 6.46. The molecule has 1 N–H and O–H groups in total. The van der Waals surface area contributed by atoms with Gasteiger partial charge in [-0.2, -0.15) is 0 Å². The van der Waals surface area contributed by atoms with E-state index in [2.05, 4.69) is 6.58 Å². The Hall–Kier alpha value is -3.25. The fraction of sp³-hybridized carbons (Fsp3) is 0.308. The number of rotatable bonds is 9. The number of likely N-dealkylation sites (tertiary alicyclic amines) is 1. The van der Waals surface area contributed by atoms with E-state index < -0.39 is 17.7 Å². The molecular weight excluding hydrogens is 442 g/mol. The number of ether oxygens (including phenoxy) is 2. The number of carbonyl (C=O) groups excluding carboxylic acids is 2. The Labute approximate surface area is 199 Å². The molecule has 1 fully saturated rings. The first-order chi connectivity index (χ1) is 15.8. The number of aliphatic hydroxyl groups excluding tert-OH is 1. The number of methoxy groups -OCH3 is 1. The smallest absolute Gasteiger partial charge is 0.295 e. The standard InChI is InChI=1S/C26H28ClNO5/c1-5-7-11-28-22(17-9-8-10-18(15-17)33-12-6-2)21(24(30)26(28)31)23(29)19-13-16(3)14-20(27)25(19)32-4/h6,8-10,13-15,22,29H,2,5,7,11-12H2,1,3-4H3/b23-21+. The molecule has 1 saturated heterocycles. The lowest BCUT2D eigenvalue weighted by molar-refractivity contribution is -0.139. The maximum absolute atomic E-state index is 13.2. The third-order valence-electron chi connectivity index (χ3n) is 5.48. The number of unbranched alkanes of at least 4 members (excludes halogenated alkanes) is 1. The molecule has 1 atom stereocenters. The Kier molecular flexibility index (Phi) is 7.82. The van der Waals surface area contributed by atoms with Gasteiger partial charge in [-0.05, 0) is 48.7 Å². The molecule has 33 heavy (non-hydrogen) atoms. The Bertz CT molecular complexity index is 1110. The van der Waals surface area contributed by atoms with Crippen molar-refractivity contribution in [3.8, 4) is 11.5 Å². The molecule has 0 aliphatic carbocycles. The van der Waals surface area contributed by atoms with Crippen molar-refractivity contribution in [3.05, 3.63) is 76.3 Å². The second kappa shape index (κ2) is 10.6. The number of Topliss-reactive ketones (excluding diaryl/α,β-unsaturated/α-hetero) is 1. The summed E-state index contributed by atoms with van der Waals surface area (Å²) in [6.45, 7) is 8.18. The molecule has 1 aliphatic heterocycles. The molecule has 1 amide bonds. The predicted octanol–water partition coefficient (Wildman–Crippen LogP) is 5.44. The van der Waals surface area contributed by atoms with Gasteiger partial charge in [0, 0.05) is 6.54 Å². The van der Waals surface area contributed by atoms with Crippen LogP contribution in [0.25, 0.3) is 5.76 Å². The van der Waals surface area contributed by atoms with Crippen molar-refractivity contribution in [3.63, 3.8) is 0 Å². The summed E-state index contributed by atoms with van der Waals surface area (Å²) in [6.07, 6.45) is 3.20. The number of benzene rings is 2. The Morgan fingerprint density at radius 1 is 1.27 bits per heavy atom. The number of aryl methyl sites for hydroxylation is 1. The molecule has 2 aromatic carbocycles. The van der Waals surface area contributed by atoms with Crippen LogP contribution in [0.4, 0.5) is 0 Å². The highest BCUT2D eigenvalue weighted by atomic mass is 35.5. The third-order valence-corrected chi connectivity index (χ3v) is 5.76. The second-order valence-electron chi connectivity index (χ2n) is 7.85. The number of ketones is 1. The minimum atomic E-state index is -0.771. The maximum atomic E-state index is 13.2. The van der Waals surface area contributed by atoms with Crippen LogP contribution in [-0.2, 0) is 9.59 Å². The van der Waals surface area contributed by atoms with E-state index in [1.807, 2.05) is 19.9 Å². The zero-order valence-electron chi connectivity index (χ0n) is 19.1. The number of nitrogens with zero attached hydrogens (tertiary/aromatic N) is 1. The second-order valence-corrected chi connectivity index (χ2v) is 8.25. The molecule has 0 bridgehead atoms. The van der Waals surface area contributed by atoms with E-state index in [0.29, 0.717) is 29.5 Å². The summed E-state index contributed by atoms with van der Waals surface area (Å²) in [5.74, 6) is -0.904. The number of hydrogen-bond donors (Lipinski definition) is 1. The normalized spacial score (nSPS) is 17.3. The first kappa shape index (κ1) is 24.4. The van der Waals surface area contributed by atoms with E-state index in [4.69, 9.17) is 21.1 Å². The molecule has 6 nitrogen and oxygen atoms in total. The molecule has 0 radical (unpaired) electrons. The average molecular weight is 470 g/mol. The van der Waals surface area contributed by atoms with Crippen LogP contribution in [0.5, 0.6) is 11.5 Å². The van der Waals surface area contributed by atoms with Crippen molar-refractivity contribution >= 4 is 29.1 Å². The largest absolute Gasteiger partial charge is 0.507 e. The molecule has 174 valence electrons. The van der Waals surface area contributed by atoms with E-state index >= 15 is 0 Å². The predicted molar refractivity (Wildman–Crippen MR) is 129 cm³/mol. The SMILES string of the molecule is C=CCOc1cccc(C2/C(=C(\O)c3cc(C)cc(Cl)c3OC)C(=O)C(=O)N2CCCC)c1. The van der Waals surface area contributed by atoms with Gasteiger partial charge >= 0.3 is 0 Å². The summed E-state index contributed by atoms with van der Waals surface area (Å²) >= 11 is 6.32. The average Bonchev–Trinajstić information content (AvgIpc) is 3.05. The Morgan fingerprint density at radius 3 is 2.70 bits per heavy atom. The van der Waals surface area contributed by atoms with Gasteiger partial charge < -0.3 is 19.5 Å². The Balaban J connectivity index is 2.23. The molecule has 1 aliphatic rings.